The predicted octanol–water partition coefficient (Wildman–Crippen LogP) is 2.15. The lowest BCUT2D eigenvalue weighted by atomic mass is 10.2. The fraction of sp³-hybridized carbons (Fsp3) is 0.273. The molecule has 3 rings (SSSR count). The Bertz CT molecular complexity index is 357. The summed E-state index contributed by atoms with van der Waals surface area (Å²) in [5, 5.41) is 0. The van der Waals surface area contributed by atoms with Crippen LogP contribution in [0.3, 0.4) is 0 Å². The highest BCUT2D eigenvalue weighted by atomic mass is 16.6. The third-order valence-electron chi connectivity index (χ3n) is 2.45. The van der Waals surface area contributed by atoms with Gasteiger partial charge in [-0.25, -0.2) is 0 Å². The Kier molecular flexibility index (Phi) is 1.36. The molecule has 0 saturated carbocycles. The van der Waals surface area contributed by atoms with Crippen molar-refractivity contribution in [2.75, 3.05) is 0 Å². The molecule has 66 valence electrons. The second-order valence-corrected chi connectivity index (χ2v) is 3.35. The van der Waals surface area contributed by atoms with Crippen LogP contribution in [-0.2, 0) is 0 Å². The summed E-state index contributed by atoms with van der Waals surface area (Å²) in [6, 6.07) is 7.81. The minimum atomic E-state index is 0.120. The minimum absolute atomic E-state index is 0.120. The van der Waals surface area contributed by atoms with Crippen molar-refractivity contribution in [2.24, 2.45) is 0 Å². The number of hydrogen-bond acceptors (Lipinski definition) is 2. The highest BCUT2D eigenvalue weighted by Gasteiger charge is 2.31. The van der Waals surface area contributed by atoms with Crippen molar-refractivity contribution in [3.8, 4) is 11.5 Å². The number of fused-ring (bicyclic) bond motifs is 2. The molecule has 0 amide bonds. The number of benzene rings is 1. The molecule has 1 aliphatic heterocycles. The van der Waals surface area contributed by atoms with Gasteiger partial charge in [0.1, 0.15) is 6.10 Å². The van der Waals surface area contributed by atoms with Crippen molar-refractivity contribution < 1.29 is 9.47 Å². The molecule has 0 saturated heterocycles. The smallest absolute Gasteiger partial charge is 0.162 e. The van der Waals surface area contributed by atoms with Gasteiger partial charge in [-0.1, -0.05) is 18.2 Å². The van der Waals surface area contributed by atoms with E-state index in [1.54, 1.807) is 0 Å². The number of ether oxygens (including phenoxy) is 2. The van der Waals surface area contributed by atoms with Crippen LogP contribution in [0.4, 0.5) is 0 Å². The number of para-hydroxylation sites is 2. The van der Waals surface area contributed by atoms with E-state index in [9.17, 15) is 0 Å². The van der Waals surface area contributed by atoms with E-state index in [0.717, 1.165) is 17.9 Å². The van der Waals surface area contributed by atoms with Crippen LogP contribution in [0.15, 0.2) is 36.4 Å². The van der Waals surface area contributed by atoms with E-state index in [0.29, 0.717) is 0 Å². The van der Waals surface area contributed by atoms with E-state index in [-0.39, 0.29) is 12.2 Å². The summed E-state index contributed by atoms with van der Waals surface area (Å²) in [4.78, 5) is 0. The van der Waals surface area contributed by atoms with E-state index in [4.69, 9.17) is 9.47 Å². The predicted molar refractivity (Wildman–Crippen MR) is 49.0 cm³/mol. The van der Waals surface area contributed by atoms with Crippen molar-refractivity contribution in [3.05, 3.63) is 36.4 Å². The Morgan fingerprint density at radius 1 is 1.08 bits per heavy atom. The van der Waals surface area contributed by atoms with Crippen LogP contribution in [0.5, 0.6) is 11.5 Å². The Hall–Kier alpha value is -1.44. The van der Waals surface area contributed by atoms with Gasteiger partial charge in [0.15, 0.2) is 17.6 Å². The molecule has 0 bridgehead atoms. The second kappa shape index (κ2) is 2.52. The molecule has 0 N–H and O–H groups in total. The van der Waals surface area contributed by atoms with Crippen LogP contribution in [0.25, 0.3) is 0 Å². The average Bonchev–Trinajstić information content (AvgIpc) is 2.61. The maximum atomic E-state index is 5.77. The van der Waals surface area contributed by atoms with Crippen molar-refractivity contribution in [1.82, 2.24) is 0 Å². The molecule has 2 nitrogen and oxygen atoms in total. The zero-order chi connectivity index (χ0) is 8.67. The first-order valence-electron chi connectivity index (χ1n) is 4.52. The Morgan fingerprint density at radius 2 is 1.85 bits per heavy atom. The lowest BCUT2D eigenvalue weighted by Gasteiger charge is -2.28. The average molecular weight is 174 g/mol. The first-order chi connectivity index (χ1) is 6.43. The molecule has 2 unspecified atom stereocenters. The number of hydrogen-bond donors (Lipinski definition) is 0. The Morgan fingerprint density at radius 3 is 2.69 bits per heavy atom. The van der Waals surface area contributed by atoms with E-state index in [1.807, 2.05) is 24.3 Å². The highest BCUT2D eigenvalue weighted by Crippen LogP contribution is 2.36. The summed E-state index contributed by atoms with van der Waals surface area (Å²) in [5.41, 5.74) is 0. The Balaban J connectivity index is 2.00. The molecule has 0 fully saturated rings. The normalized spacial score (nSPS) is 28.6. The molecule has 2 atom stereocenters. The summed E-state index contributed by atoms with van der Waals surface area (Å²) < 4.78 is 11.5. The molecule has 1 heterocycles. The van der Waals surface area contributed by atoms with E-state index >= 15 is 0 Å². The first kappa shape index (κ1) is 7.01. The third-order valence-corrected chi connectivity index (χ3v) is 2.45. The third kappa shape index (κ3) is 1.02. The zero-order valence-corrected chi connectivity index (χ0v) is 7.14. The van der Waals surface area contributed by atoms with Crippen molar-refractivity contribution in [3.63, 3.8) is 0 Å². The van der Waals surface area contributed by atoms with Gasteiger partial charge in [-0.2, -0.15) is 0 Å². The van der Waals surface area contributed by atoms with Gasteiger partial charge in [0.2, 0.25) is 0 Å². The van der Waals surface area contributed by atoms with Gasteiger partial charge in [0, 0.05) is 6.42 Å². The highest BCUT2D eigenvalue weighted by molar-refractivity contribution is 5.42. The van der Waals surface area contributed by atoms with E-state index in [2.05, 4.69) is 12.2 Å². The topological polar surface area (TPSA) is 18.5 Å². The van der Waals surface area contributed by atoms with Gasteiger partial charge < -0.3 is 9.47 Å². The SMILES string of the molecule is C1=CC2Oc3ccccc3OC2C1. The molecule has 1 aromatic rings. The lowest BCUT2D eigenvalue weighted by Crippen LogP contribution is -2.35. The van der Waals surface area contributed by atoms with Crippen LogP contribution >= 0.6 is 0 Å². The van der Waals surface area contributed by atoms with E-state index < -0.39 is 0 Å². The summed E-state index contributed by atoms with van der Waals surface area (Å²) >= 11 is 0. The van der Waals surface area contributed by atoms with Gasteiger partial charge in [-0.3, -0.25) is 0 Å². The lowest BCUT2D eigenvalue weighted by molar-refractivity contribution is 0.0590. The molecule has 13 heavy (non-hydrogen) atoms. The molecule has 0 radical (unpaired) electrons. The summed E-state index contributed by atoms with van der Waals surface area (Å²) in [7, 11) is 0. The minimum Gasteiger partial charge on any atom is -0.482 e. The molecule has 0 spiro atoms. The van der Waals surface area contributed by atoms with Crippen LogP contribution in [0, 0.1) is 0 Å². The van der Waals surface area contributed by atoms with Crippen molar-refractivity contribution >= 4 is 0 Å². The van der Waals surface area contributed by atoms with Gasteiger partial charge in [0.25, 0.3) is 0 Å². The van der Waals surface area contributed by atoms with Crippen molar-refractivity contribution in [1.29, 1.82) is 0 Å². The Labute approximate surface area is 76.8 Å². The molecule has 2 heteroatoms. The van der Waals surface area contributed by atoms with Crippen LogP contribution < -0.4 is 9.47 Å². The van der Waals surface area contributed by atoms with Crippen molar-refractivity contribution in [2.45, 2.75) is 18.6 Å². The standard InChI is InChI=1S/C11H10O2/c1-2-5-9-8(4-1)12-10-6-3-7-11(10)13-9/h1-6,10-11H,7H2. The maximum Gasteiger partial charge on any atom is 0.162 e. The molecule has 2 aliphatic rings. The van der Waals surface area contributed by atoms with Gasteiger partial charge in [0.05, 0.1) is 0 Å². The maximum absolute atomic E-state index is 5.77. The quantitative estimate of drug-likeness (QED) is 0.561. The largest absolute Gasteiger partial charge is 0.482 e. The summed E-state index contributed by atoms with van der Waals surface area (Å²) in [5.74, 6) is 1.72. The van der Waals surface area contributed by atoms with Gasteiger partial charge in [-0.05, 0) is 18.2 Å². The fourth-order valence-electron chi connectivity index (χ4n) is 1.79. The van der Waals surface area contributed by atoms with Gasteiger partial charge >= 0.3 is 0 Å². The fourth-order valence-corrected chi connectivity index (χ4v) is 1.79. The van der Waals surface area contributed by atoms with Crippen LogP contribution in [-0.4, -0.2) is 12.2 Å². The molecule has 1 aromatic carbocycles. The molecular weight excluding hydrogens is 164 g/mol. The van der Waals surface area contributed by atoms with Crippen LogP contribution in [0.2, 0.25) is 0 Å². The van der Waals surface area contributed by atoms with Gasteiger partial charge in [-0.15, -0.1) is 0 Å². The molecule has 0 aromatic heterocycles. The monoisotopic (exact) mass is 174 g/mol. The second-order valence-electron chi connectivity index (χ2n) is 3.35. The zero-order valence-electron chi connectivity index (χ0n) is 7.14. The summed E-state index contributed by atoms with van der Waals surface area (Å²) in [6.45, 7) is 0. The molecule has 1 aliphatic carbocycles. The first-order valence-corrected chi connectivity index (χ1v) is 4.52. The number of rotatable bonds is 0. The molecular formula is C11H10O2. The van der Waals surface area contributed by atoms with Crippen LogP contribution in [0.1, 0.15) is 6.42 Å². The van der Waals surface area contributed by atoms with E-state index in [1.165, 1.54) is 0 Å². The summed E-state index contributed by atoms with van der Waals surface area (Å²) in [6.07, 6.45) is 5.45.